The second-order valence-electron chi connectivity index (χ2n) is 5.41. The minimum Gasteiger partial charge on any atom is -0.396 e. The first-order valence-corrected chi connectivity index (χ1v) is 7.44. The zero-order chi connectivity index (χ0) is 16.1. The summed E-state index contributed by atoms with van der Waals surface area (Å²) in [6.45, 7) is 3.88. The van der Waals surface area contributed by atoms with E-state index in [-0.39, 0.29) is 12.6 Å². The van der Waals surface area contributed by atoms with Crippen molar-refractivity contribution in [1.29, 1.82) is 0 Å². The number of hydrogen-bond acceptors (Lipinski definition) is 5. The van der Waals surface area contributed by atoms with Gasteiger partial charge in [0.1, 0.15) is 11.4 Å². The van der Waals surface area contributed by atoms with Gasteiger partial charge in [0.15, 0.2) is 0 Å². The fourth-order valence-electron chi connectivity index (χ4n) is 2.11. The van der Waals surface area contributed by atoms with Crippen LogP contribution in [0.3, 0.4) is 0 Å². The number of aromatic nitrogens is 3. The summed E-state index contributed by atoms with van der Waals surface area (Å²) in [5.74, 6) is -0.426. The smallest absolute Gasteiger partial charge is 0.131 e. The van der Waals surface area contributed by atoms with Gasteiger partial charge in [-0.25, -0.2) is 4.98 Å². The summed E-state index contributed by atoms with van der Waals surface area (Å²) in [5.41, 5.74) is 3.17. The van der Waals surface area contributed by atoms with Gasteiger partial charge in [-0.2, -0.15) is 5.10 Å². The molecule has 1 atom stereocenters. The van der Waals surface area contributed by atoms with Crippen LogP contribution >= 0.6 is 11.6 Å². The zero-order valence-corrected chi connectivity index (χ0v) is 13.3. The van der Waals surface area contributed by atoms with E-state index in [2.05, 4.69) is 20.5 Å². The third-order valence-corrected chi connectivity index (χ3v) is 3.34. The zero-order valence-electron chi connectivity index (χ0n) is 12.5. The Morgan fingerprint density at radius 1 is 1.45 bits per heavy atom. The number of aldehydes is 1. The van der Waals surface area contributed by atoms with Crippen molar-refractivity contribution in [2.45, 2.75) is 26.3 Å². The highest BCUT2D eigenvalue weighted by molar-refractivity contribution is 6.29. The fourth-order valence-corrected chi connectivity index (χ4v) is 2.26. The molecule has 0 saturated heterocycles. The number of aliphatic hydroxyl groups is 1. The van der Waals surface area contributed by atoms with Crippen molar-refractivity contribution in [3.8, 4) is 11.3 Å². The number of H-pyrrole nitrogens is 1. The van der Waals surface area contributed by atoms with Crippen LogP contribution < -0.4 is 5.32 Å². The number of nitrogens with zero attached hydrogens (tertiary/aromatic N) is 2. The number of carbonyl (C=O) groups excluding carboxylic acids is 1. The first-order chi connectivity index (χ1) is 10.5. The van der Waals surface area contributed by atoms with Crippen molar-refractivity contribution < 1.29 is 9.90 Å². The number of nitrogens with one attached hydrogen (secondary N) is 2. The number of rotatable bonds is 7. The van der Waals surface area contributed by atoms with Gasteiger partial charge in [0.25, 0.3) is 0 Å². The van der Waals surface area contributed by atoms with Gasteiger partial charge in [-0.05, 0) is 26.0 Å². The third-order valence-electron chi connectivity index (χ3n) is 3.13. The Hall–Kier alpha value is -1.92. The maximum atomic E-state index is 10.8. The Kier molecular flexibility index (Phi) is 5.51. The molecular formula is C15H19ClN4O2. The van der Waals surface area contributed by atoms with Crippen molar-refractivity contribution in [2.24, 2.45) is 5.92 Å². The molecule has 0 aliphatic heterocycles. The molecule has 2 rings (SSSR count). The van der Waals surface area contributed by atoms with Gasteiger partial charge < -0.3 is 15.2 Å². The first kappa shape index (κ1) is 16.5. The van der Waals surface area contributed by atoms with E-state index in [1.807, 2.05) is 19.9 Å². The van der Waals surface area contributed by atoms with Gasteiger partial charge in [-0.1, -0.05) is 11.6 Å². The molecular weight excluding hydrogens is 304 g/mol. The van der Waals surface area contributed by atoms with Gasteiger partial charge >= 0.3 is 0 Å². The molecule has 2 heterocycles. The van der Waals surface area contributed by atoms with Crippen molar-refractivity contribution in [2.75, 3.05) is 11.9 Å². The summed E-state index contributed by atoms with van der Waals surface area (Å²) in [6, 6.07) is 3.85. The van der Waals surface area contributed by atoms with Gasteiger partial charge in [0.05, 0.1) is 12.3 Å². The molecule has 0 aliphatic rings. The number of hydrogen-bond donors (Lipinski definition) is 3. The van der Waals surface area contributed by atoms with Crippen molar-refractivity contribution in [3.63, 3.8) is 0 Å². The van der Waals surface area contributed by atoms with Crippen LogP contribution in [0.15, 0.2) is 18.3 Å². The predicted molar refractivity (Wildman–Crippen MR) is 85.9 cm³/mol. The van der Waals surface area contributed by atoms with Crippen LogP contribution in [0.4, 0.5) is 5.69 Å². The maximum Gasteiger partial charge on any atom is 0.131 e. The normalized spacial score (nSPS) is 12.4. The van der Waals surface area contributed by atoms with E-state index in [0.717, 1.165) is 23.2 Å². The van der Waals surface area contributed by atoms with E-state index in [4.69, 9.17) is 16.7 Å². The minimum absolute atomic E-state index is 0.180. The summed E-state index contributed by atoms with van der Waals surface area (Å²) in [5, 5.41) is 20.0. The first-order valence-electron chi connectivity index (χ1n) is 7.06. The van der Waals surface area contributed by atoms with E-state index < -0.39 is 5.92 Å². The summed E-state index contributed by atoms with van der Waals surface area (Å²) >= 11 is 5.95. The summed E-state index contributed by atoms with van der Waals surface area (Å²) in [4.78, 5) is 14.9. The van der Waals surface area contributed by atoms with Crippen LogP contribution in [0.1, 0.15) is 19.5 Å². The van der Waals surface area contributed by atoms with Crippen molar-refractivity contribution >= 4 is 23.6 Å². The fraction of sp³-hybridized carbons (Fsp3) is 0.400. The molecule has 6 nitrogen and oxygen atoms in total. The monoisotopic (exact) mass is 322 g/mol. The lowest BCUT2D eigenvalue weighted by Crippen LogP contribution is -2.11. The third kappa shape index (κ3) is 4.05. The summed E-state index contributed by atoms with van der Waals surface area (Å²) < 4.78 is 0. The van der Waals surface area contributed by atoms with Crippen LogP contribution in [0.2, 0.25) is 5.15 Å². The number of halogens is 1. The predicted octanol–water partition coefficient (Wildman–Crippen LogP) is 2.30. The van der Waals surface area contributed by atoms with E-state index in [0.29, 0.717) is 17.3 Å². The summed E-state index contributed by atoms with van der Waals surface area (Å²) in [7, 11) is 0. The molecule has 3 N–H and O–H groups in total. The van der Waals surface area contributed by atoms with Crippen LogP contribution in [-0.2, 0) is 11.2 Å². The highest BCUT2D eigenvalue weighted by atomic mass is 35.5. The molecule has 22 heavy (non-hydrogen) atoms. The van der Waals surface area contributed by atoms with Gasteiger partial charge in [0, 0.05) is 41.5 Å². The van der Waals surface area contributed by atoms with Crippen molar-refractivity contribution in [3.05, 3.63) is 29.2 Å². The SMILES string of the molecule is CC(C)Nc1cc(Cl)ncc1-c1cc(CC(C=O)CO)[nH]n1. The second-order valence-corrected chi connectivity index (χ2v) is 5.80. The lowest BCUT2D eigenvalue weighted by atomic mass is 10.1. The molecule has 0 spiro atoms. The highest BCUT2D eigenvalue weighted by Crippen LogP contribution is 2.29. The number of aromatic amines is 1. The standard InChI is InChI=1S/C15H19ClN4O2/c1-9(2)18-13-5-15(16)17-6-12(13)14-4-11(19-20-14)3-10(7-21)8-22/h4-7,9-10,22H,3,8H2,1-2H3,(H,17,18)(H,19,20). The number of pyridine rings is 1. The second kappa shape index (κ2) is 7.38. The molecule has 0 fully saturated rings. The number of anilines is 1. The van der Waals surface area contributed by atoms with Gasteiger partial charge in [-0.3, -0.25) is 5.10 Å². The van der Waals surface area contributed by atoms with Crippen LogP contribution in [-0.4, -0.2) is 39.2 Å². The minimum atomic E-state index is -0.426. The average Bonchev–Trinajstić information content (AvgIpc) is 2.92. The van der Waals surface area contributed by atoms with E-state index in [9.17, 15) is 4.79 Å². The van der Waals surface area contributed by atoms with Crippen LogP contribution in [0.25, 0.3) is 11.3 Å². The maximum absolute atomic E-state index is 10.8. The van der Waals surface area contributed by atoms with Crippen LogP contribution in [0.5, 0.6) is 0 Å². The Labute approximate surface area is 133 Å². The molecule has 2 aromatic heterocycles. The quantitative estimate of drug-likeness (QED) is 0.537. The molecule has 118 valence electrons. The topological polar surface area (TPSA) is 90.9 Å². The van der Waals surface area contributed by atoms with E-state index >= 15 is 0 Å². The Balaban J connectivity index is 2.28. The highest BCUT2D eigenvalue weighted by Gasteiger charge is 2.14. The van der Waals surface area contributed by atoms with E-state index in [1.165, 1.54) is 0 Å². The Morgan fingerprint density at radius 3 is 2.86 bits per heavy atom. The molecule has 7 heteroatoms. The molecule has 0 amide bonds. The molecule has 1 unspecified atom stereocenters. The molecule has 2 aromatic rings. The molecule has 0 aliphatic carbocycles. The van der Waals surface area contributed by atoms with E-state index in [1.54, 1.807) is 12.3 Å². The van der Waals surface area contributed by atoms with Gasteiger partial charge in [0.2, 0.25) is 0 Å². The number of aliphatic hydroxyl groups excluding tert-OH is 1. The lowest BCUT2D eigenvalue weighted by Gasteiger charge is -2.13. The average molecular weight is 323 g/mol. The Morgan fingerprint density at radius 2 is 2.23 bits per heavy atom. The van der Waals surface area contributed by atoms with Crippen molar-refractivity contribution in [1.82, 2.24) is 15.2 Å². The van der Waals surface area contributed by atoms with Crippen LogP contribution in [0, 0.1) is 5.92 Å². The molecule has 0 radical (unpaired) electrons. The lowest BCUT2D eigenvalue weighted by molar-refractivity contribution is -0.112. The molecule has 0 bridgehead atoms. The largest absolute Gasteiger partial charge is 0.396 e. The van der Waals surface area contributed by atoms with Gasteiger partial charge in [-0.15, -0.1) is 0 Å². The summed E-state index contributed by atoms with van der Waals surface area (Å²) in [6.07, 6.45) is 2.83. The number of carbonyl (C=O) groups is 1. The molecule has 0 saturated carbocycles. The molecule has 0 aromatic carbocycles. The Bertz CT molecular complexity index is 642.